The van der Waals surface area contributed by atoms with Crippen LogP contribution in [-0.2, 0) is 13.0 Å². The Kier molecular flexibility index (Phi) is 8.60. The van der Waals surface area contributed by atoms with Gasteiger partial charge in [0.1, 0.15) is 0 Å². The lowest BCUT2D eigenvalue weighted by molar-refractivity contribution is 0.798. The van der Waals surface area contributed by atoms with Gasteiger partial charge in [-0.1, -0.05) is 12.1 Å². The first kappa shape index (κ1) is 20.9. The van der Waals surface area contributed by atoms with Crippen LogP contribution >= 0.6 is 51.2 Å². The van der Waals surface area contributed by atoms with Crippen molar-refractivity contribution < 1.29 is 0 Å². The van der Waals surface area contributed by atoms with Crippen molar-refractivity contribution in [2.45, 2.75) is 13.0 Å². The summed E-state index contributed by atoms with van der Waals surface area (Å²) in [5, 5.41) is 10.9. The predicted octanol–water partition coefficient (Wildman–Crippen LogP) is 4.22. The van der Waals surface area contributed by atoms with E-state index in [-0.39, 0.29) is 24.0 Å². The Balaban J connectivity index is 0.00000243. The van der Waals surface area contributed by atoms with Gasteiger partial charge in [-0.05, 0) is 58.2 Å². The minimum Gasteiger partial charge on any atom is -0.356 e. The summed E-state index contributed by atoms with van der Waals surface area (Å²) in [4.78, 5) is 5.53. The second-order valence-electron chi connectivity index (χ2n) is 5.43. The molecule has 2 N–H and O–H groups in total. The molecule has 2 heterocycles. The number of nitrogens with one attached hydrogen (secondary N) is 2. The van der Waals surface area contributed by atoms with Gasteiger partial charge in [0.05, 0.1) is 16.0 Å². The summed E-state index contributed by atoms with van der Waals surface area (Å²) in [6.07, 6.45) is 4.66. The Hall–Kier alpha value is -1.39. The second-order valence-corrected chi connectivity index (χ2v) is 7.97. The van der Waals surface area contributed by atoms with Gasteiger partial charge < -0.3 is 10.6 Å². The van der Waals surface area contributed by atoms with Crippen molar-refractivity contribution >= 4 is 57.2 Å². The van der Waals surface area contributed by atoms with E-state index in [0.29, 0.717) is 0 Å². The Morgan fingerprint density at radius 3 is 2.62 bits per heavy atom. The molecule has 0 radical (unpaired) electrons. The van der Waals surface area contributed by atoms with Crippen LogP contribution in [0.2, 0.25) is 0 Å². The zero-order valence-electron chi connectivity index (χ0n) is 14.4. The SMILES string of the molecule is CN=C(NCCc1ccc(-n2cccn2)cc1)NCc1ccc(Br)s1.I. The van der Waals surface area contributed by atoms with Crippen LogP contribution in [0.5, 0.6) is 0 Å². The second kappa shape index (κ2) is 10.7. The molecule has 3 rings (SSSR count). The number of benzene rings is 1. The molecule has 0 spiro atoms. The van der Waals surface area contributed by atoms with Crippen LogP contribution in [0, 0.1) is 0 Å². The fourth-order valence-corrected chi connectivity index (χ4v) is 3.82. The largest absolute Gasteiger partial charge is 0.356 e. The molecule has 1 aromatic carbocycles. The average molecular weight is 546 g/mol. The smallest absolute Gasteiger partial charge is 0.191 e. The van der Waals surface area contributed by atoms with Crippen molar-refractivity contribution in [1.82, 2.24) is 20.4 Å². The zero-order chi connectivity index (χ0) is 17.5. The average Bonchev–Trinajstić information content (AvgIpc) is 3.30. The minimum atomic E-state index is 0. The van der Waals surface area contributed by atoms with Gasteiger partial charge in [0, 0.05) is 30.9 Å². The molecule has 0 bridgehead atoms. The highest BCUT2D eigenvalue weighted by atomic mass is 127. The number of nitrogens with zero attached hydrogens (tertiary/aromatic N) is 3. The maximum atomic E-state index is 4.26. The standard InChI is InChI=1S/C18H20BrN5S.HI/c1-20-18(22-13-16-7-8-17(19)25-16)21-11-9-14-3-5-15(6-4-14)24-12-2-10-23-24;/h2-8,10,12H,9,11,13H2,1H3,(H2,20,21,22);1H. The van der Waals surface area contributed by atoms with Gasteiger partial charge in [0.25, 0.3) is 0 Å². The number of aromatic nitrogens is 2. The molecule has 2 aromatic heterocycles. The molecule has 5 nitrogen and oxygen atoms in total. The van der Waals surface area contributed by atoms with E-state index in [2.05, 4.69) is 73.1 Å². The van der Waals surface area contributed by atoms with Crippen LogP contribution in [0.15, 0.2) is 63.6 Å². The molecule has 0 saturated heterocycles. The molecule has 0 unspecified atom stereocenters. The third kappa shape index (κ3) is 6.10. The molecule has 0 aliphatic rings. The molecule has 138 valence electrons. The van der Waals surface area contributed by atoms with Crippen LogP contribution in [0.1, 0.15) is 10.4 Å². The van der Waals surface area contributed by atoms with Crippen molar-refractivity contribution in [2.75, 3.05) is 13.6 Å². The third-order valence-corrected chi connectivity index (χ3v) is 5.32. The number of rotatable bonds is 6. The van der Waals surface area contributed by atoms with Gasteiger partial charge in [0.15, 0.2) is 5.96 Å². The zero-order valence-corrected chi connectivity index (χ0v) is 19.1. The normalized spacial score (nSPS) is 11.1. The van der Waals surface area contributed by atoms with E-state index >= 15 is 0 Å². The Labute approximate surface area is 183 Å². The summed E-state index contributed by atoms with van der Waals surface area (Å²) in [5.74, 6) is 0.817. The Morgan fingerprint density at radius 2 is 2.00 bits per heavy atom. The van der Waals surface area contributed by atoms with Crippen LogP contribution in [-0.4, -0.2) is 29.3 Å². The number of hydrogen-bond acceptors (Lipinski definition) is 3. The maximum Gasteiger partial charge on any atom is 0.191 e. The van der Waals surface area contributed by atoms with E-state index in [0.717, 1.165) is 34.9 Å². The number of halogens is 2. The first-order valence-electron chi connectivity index (χ1n) is 8.02. The van der Waals surface area contributed by atoms with Gasteiger partial charge in [-0.25, -0.2) is 4.68 Å². The van der Waals surface area contributed by atoms with E-state index in [1.165, 1.54) is 10.4 Å². The number of thiophene rings is 1. The van der Waals surface area contributed by atoms with Crippen molar-refractivity contribution in [1.29, 1.82) is 0 Å². The lowest BCUT2D eigenvalue weighted by atomic mass is 10.1. The molecule has 0 aliphatic heterocycles. The van der Waals surface area contributed by atoms with Gasteiger partial charge in [0.2, 0.25) is 0 Å². The van der Waals surface area contributed by atoms with E-state index in [1.807, 2.05) is 16.9 Å². The molecular weight excluding hydrogens is 525 g/mol. The molecule has 8 heteroatoms. The lowest BCUT2D eigenvalue weighted by Crippen LogP contribution is -2.37. The van der Waals surface area contributed by atoms with Crippen molar-refractivity contribution in [2.24, 2.45) is 4.99 Å². The first-order valence-corrected chi connectivity index (χ1v) is 9.63. The lowest BCUT2D eigenvalue weighted by Gasteiger charge is -2.11. The molecule has 0 amide bonds. The summed E-state index contributed by atoms with van der Waals surface area (Å²) in [5.41, 5.74) is 2.35. The summed E-state index contributed by atoms with van der Waals surface area (Å²) in [7, 11) is 1.79. The maximum absolute atomic E-state index is 4.26. The first-order chi connectivity index (χ1) is 12.2. The van der Waals surface area contributed by atoms with Crippen molar-refractivity contribution in [3.05, 3.63) is 69.1 Å². The number of hydrogen-bond donors (Lipinski definition) is 2. The molecule has 0 atom stereocenters. The summed E-state index contributed by atoms with van der Waals surface area (Å²) < 4.78 is 3.00. The van der Waals surface area contributed by atoms with Gasteiger partial charge in [-0.3, -0.25) is 4.99 Å². The van der Waals surface area contributed by atoms with E-state index < -0.39 is 0 Å². The molecule has 26 heavy (non-hydrogen) atoms. The molecule has 0 aliphatic carbocycles. The molecule has 0 fully saturated rings. The van der Waals surface area contributed by atoms with Crippen LogP contribution in [0.25, 0.3) is 5.69 Å². The highest BCUT2D eigenvalue weighted by Crippen LogP contribution is 2.21. The van der Waals surface area contributed by atoms with Crippen molar-refractivity contribution in [3.63, 3.8) is 0 Å². The van der Waals surface area contributed by atoms with Crippen LogP contribution in [0.3, 0.4) is 0 Å². The molecular formula is C18H21BrIN5S. The monoisotopic (exact) mass is 545 g/mol. The predicted molar refractivity (Wildman–Crippen MR) is 123 cm³/mol. The number of aliphatic imine (C=N–C) groups is 1. The minimum absolute atomic E-state index is 0. The van der Waals surface area contributed by atoms with Crippen LogP contribution in [0.4, 0.5) is 0 Å². The third-order valence-electron chi connectivity index (χ3n) is 3.69. The summed E-state index contributed by atoms with van der Waals surface area (Å²) in [6, 6.07) is 14.5. The number of guanidine groups is 1. The van der Waals surface area contributed by atoms with Gasteiger partial charge >= 0.3 is 0 Å². The Morgan fingerprint density at radius 1 is 1.19 bits per heavy atom. The fourth-order valence-electron chi connectivity index (χ4n) is 2.40. The van der Waals surface area contributed by atoms with E-state index in [9.17, 15) is 0 Å². The van der Waals surface area contributed by atoms with E-state index in [4.69, 9.17) is 0 Å². The van der Waals surface area contributed by atoms with E-state index in [1.54, 1.807) is 24.6 Å². The van der Waals surface area contributed by atoms with Gasteiger partial charge in [-0.15, -0.1) is 35.3 Å². The quantitative estimate of drug-likeness (QED) is 0.277. The van der Waals surface area contributed by atoms with Gasteiger partial charge in [-0.2, -0.15) is 5.10 Å². The molecule has 3 aromatic rings. The fraction of sp³-hybridized carbons (Fsp3) is 0.222. The Bertz CT molecular complexity index is 814. The van der Waals surface area contributed by atoms with Crippen molar-refractivity contribution in [3.8, 4) is 5.69 Å². The highest BCUT2D eigenvalue weighted by molar-refractivity contribution is 14.0. The summed E-state index contributed by atoms with van der Waals surface area (Å²) in [6.45, 7) is 1.60. The topological polar surface area (TPSA) is 54.2 Å². The molecule has 0 saturated carbocycles. The van der Waals surface area contributed by atoms with Crippen LogP contribution < -0.4 is 10.6 Å². The highest BCUT2D eigenvalue weighted by Gasteiger charge is 2.02. The summed E-state index contributed by atoms with van der Waals surface area (Å²) >= 11 is 5.21.